The van der Waals surface area contributed by atoms with Gasteiger partial charge in [-0.3, -0.25) is 13.9 Å². The van der Waals surface area contributed by atoms with Gasteiger partial charge in [-0.2, -0.15) is 4.98 Å². The molecule has 1 aliphatic rings. The highest BCUT2D eigenvalue weighted by atomic mass is 35.5. The fraction of sp³-hybridized carbons (Fsp3) is 0.207. The molecular formula is C29H25Cl2N5O3. The van der Waals surface area contributed by atoms with Crippen molar-refractivity contribution in [1.82, 2.24) is 18.7 Å². The molecule has 0 saturated carbocycles. The van der Waals surface area contributed by atoms with Crippen LogP contribution in [0.5, 0.6) is 11.5 Å². The number of imidazole rings is 1. The Hall–Kier alpha value is -4.01. The van der Waals surface area contributed by atoms with Gasteiger partial charge in [-0.25, -0.2) is 4.79 Å². The van der Waals surface area contributed by atoms with Gasteiger partial charge in [0.2, 0.25) is 5.95 Å². The Bertz CT molecular complexity index is 1810. The van der Waals surface area contributed by atoms with Crippen molar-refractivity contribution in [1.29, 1.82) is 0 Å². The van der Waals surface area contributed by atoms with Crippen molar-refractivity contribution >= 4 is 46.0 Å². The van der Waals surface area contributed by atoms with Crippen LogP contribution in [0.25, 0.3) is 11.2 Å². The normalized spacial score (nSPS) is 15.0. The molecule has 3 heterocycles. The molecule has 0 bridgehead atoms. The lowest BCUT2D eigenvalue weighted by Crippen LogP contribution is -2.40. The summed E-state index contributed by atoms with van der Waals surface area (Å²) in [6.45, 7) is 3.47. The predicted octanol–water partition coefficient (Wildman–Crippen LogP) is 5.83. The number of hydrogen-bond donors (Lipinski definition) is 0. The van der Waals surface area contributed by atoms with E-state index in [0.29, 0.717) is 45.8 Å². The highest BCUT2D eigenvalue weighted by Crippen LogP contribution is 2.34. The lowest BCUT2D eigenvalue weighted by molar-refractivity contribution is 0.457. The summed E-state index contributed by atoms with van der Waals surface area (Å²) in [5.74, 6) is 2.32. The Morgan fingerprint density at radius 3 is 2.38 bits per heavy atom. The second kappa shape index (κ2) is 9.94. The number of nitrogens with zero attached hydrogens (tertiary/aromatic N) is 5. The van der Waals surface area contributed by atoms with E-state index in [0.717, 1.165) is 17.2 Å². The lowest BCUT2D eigenvalue weighted by atomic mass is 10.1. The summed E-state index contributed by atoms with van der Waals surface area (Å²) in [6, 6.07) is 22.4. The number of hydrogen-bond acceptors (Lipinski definition) is 5. The zero-order valence-corrected chi connectivity index (χ0v) is 22.9. The number of ether oxygens (including phenoxy) is 1. The number of aryl methyl sites for hydroxylation is 1. The molecule has 6 rings (SSSR count). The van der Waals surface area contributed by atoms with Crippen LogP contribution in [-0.2, 0) is 20.1 Å². The molecule has 10 heteroatoms. The van der Waals surface area contributed by atoms with Crippen LogP contribution in [-0.4, -0.2) is 25.2 Å². The summed E-state index contributed by atoms with van der Waals surface area (Å²) < 4.78 is 10.5. The summed E-state index contributed by atoms with van der Waals surface area (Å²) in [6.07, 6.45) is 0. The average Bonchev–Trinajstić information content (AvgIpc) is 3.31. The van der Waals surface area contributed by atoms with Gasteiger partial charge in [-0.1, -0.05) is 54.4 Å². The minimum atomic E-state index is -0.462. The van der Waals surface area contributed by atoms with Gasteiger partial charge in [0.25, 0.3) is 5.56 Å². The quantitative estimate of drug-likeness (QED) is 0.270. The van der Waals surface area contributed by atoms with Crippen molar-refractivity contribution in [2.75, 3.05) is 11.4 Å². The van der Waals surface area contributed by atoms with Crippen molar-refractivity contribution in [3.8, 4) is 11.5 Å². The van der Waals surface area contributed by atoms with E-state index in [1.165, 1.54) is 9.13 Å². The number of fused-ring (bicyclic) bond motifs is 3. The maximum Gasteiger partial charge on any atom is 0.332 e. The van der Waals surface area contributed by atoms with Crippen LogP contribution in [0, 0.1) is 5.92 Å². The molecule has 0 radical (unpaired) electrons. The summed E-state index contributed by atoms with van der Waals surface area (Å²) >= 11 is 12.4. The van der Waals surface area contributed by atoms with Crippen LogP contribution in [0.15, 0.2) is 82.4 Å². The first-order chi connectivity index (χ1) is 18.8. The second-order valence-electron chi connectivity index (χ2n) is 9.79. The number of rotatable bonds is 5. The zero-order valence-electron chi connectivity index (χ0n) is 21.3. The van der Waals surface area contributed by atoms with Crippen molar-refractivity contribution in [2.45, 2.75) is 20.0 Å². The van der Waals surface area contributed by atoms with Gasteiger partial charge in [0.05, 0.1) is 6.54 Å². The Labute approximate surface area is 234 Å². The Morgan fingerprint density at radius 1 is 0.949 bits per heavy atom. The zero-order chi connectivity index (χ0) is 27.3. The Kier molecular flexibility index (Phi) is 6.45. The molecule has 0 aliphatic carbocycles. The number of halogens is 2. The van der Waals surface area contributed by atoms with E-state index in [9.17, 15) is 9.59 Å². The van der Waals surface area contributed by atoms with Gasteiger partial charge in [0, 0.05) is 35.9 Å². The standard InChI is InChI=1S/C29H25Cl2N5O3/c1-18-15-34(21-10-12-23(13-11-21)39-22-6-4-3-5-7-22)28-32-26-25(35(28)16-18)27(37)36(29(38)33(26)2)17-19-8-9-20(30)14-24(19)31/h3-14,18H,15-17H2,1-2H3/t18-/m1/s1. The maximum atomic E-state index is 13.8. The number of aromatic nitrogens is 4. The van der Waals surface area contributed by atoms with E-state index in [4.69, 9.17) is 32.9 Å². The summed E-state index contributed by atoms with van der Waals surface area (Å²) in [5, 5.41) is 0.879. The molecule has 0 saturated heterocycles. The molecule has 1 aliphatic heterocycles. The molecule has 1 atom stereocenters. The molecule has 198 valence electrons. The van der Waals surface area contributed by atoms with Crippen LogP contribution in [0.1, 0.15) is 12.5 Å². The fourth-order valence-corrected chi connectivity index (χ4v) is 5.47. The topological polar surface area (TPSA) is 74.3 Å². The van der Waals surface area contributed by atoms with Crippen molar-refractivity contribution < 1.29 is 4.74 Å². The second-order valence-corrected chi connectivity index (χ2v) is 10.6. The first kappa shape index (κ1) is 25.3. The van der Waals surface area contributed by atoms with Crippen molar-refractivity contribution in [2.24, 2.45) is 13.0 Å². The third-order valence-corrected chi connectivity index (χ3v) is 7.50. The van der Waals surface area contributed by atoms with Gasteiger partial charge >= 0.3 is 5.69 Å². The van der Waals surface area contributed by atoms with E-state index in [-0.39, 0.29) is 12.5 Å². The monoisotopic (exact) mass is 561 g/mol. The van der Waals surface area contributed by atoms with Gasteiger partial charge in [-0.05, 0) is 60.0 Å². The van der Waals surface area contributed by atoms with E-state index < -0.39 is 11.2 Å². The van der Waals surface area contributed by atoms with Crippen LogP contribution < -0.4 is 20.9 Å². The molecule has 39 heavy (non-hydrogen) atoms. The third-order valence-electron chi connectivity index (χ3n) is 6.91. The van der Waals surface area contributed by atoms with Gasteiger partial charge in [0.1, 0.15) is 11.5 Å². The van der Waals surface area contributed by atoms with Crippen molar-refractivity contribution in [3.63, 3.8) is 0 Å². The molecule has 0 unspecified atom stereocenters. The molecule has 2 aromatic heterocycles. The van der Waals surface area contributed by atoms with Crippen LogP contribution in [0.2, 0.25) is 10.0 Å². The number of para-hydroxylation sites is 1. The Morgan fingerprint density at radius 2 is 1.67 bits per heavy atom. The van der Waals surface area contributed by atoms with Gasteiger partial charge < -0.3 is 14.2 Å². The fourth-order valence-electron chi connectivity index (χ4n) is 5.00. The molecule has 0 fully saturated rings. The largest absolute Gasteiger partial charge is 0.457 e. The molecule has 0 spiro atoms. The number of anilines is 2. The third kappa shape index (κ3) is 4.60. The van der Waals surface area contributed by atoms with Crippen LogP contribution in [0.4, 0.5) is 11.6 Å². The molecule has 0 amide bonds. The van der Waals surface area contributed by atoms with Crippen LogP contribution in [0.3, 0.4) is 0 Å². The molecule has 8 nitrogen and oxygen atoms in total. The highest BCUT2D eigenvalue weighted by Gasteiger charge is 2.30. The highest BCUT2D eigenvalue weighted by molar-refractivity contribution is 6.35. The average molecular weight is 562 g/mol. The molecule has 0 N–H and O–H groups in total. The SMILES string of the molecule is C[C@@H]1CN(c2ccc(Oc3ccccc3)cc2)c2nc3c(c(=O)n(Cc4ccc(Cl)cc4Cl)c(=O)n3C)n2C1. The van der Waals surface area contributed by atoms with E-state index in [2.05, 4.69) is 11.8 Å². The minimum Gasteiger partial charge on any atom is -0.457 e. The molecular weight excluding hydrogens is 537 g/mol. The minimum absolute atomic E-state index is 0.0279. The predicted molar refractivity (Wildman–Crippen MR) is 154 cm³/mol. The summed E-state index contributed by atoms with van der Waals surface area (Å²) in [7, 11) is 1.63. The summed E-state index contributed by atoms with van der Waals surface area (Å²) in [5.41, 5.74) is 1.41. The van der Waals surface area contributed by atoms with E-state index in [1.54, 1.807) is 25.2 Å². The maximum absolute atomic E-state index is 13.8. The van der Waals surface area contributed by atoms with E-state index >= 15 is 0 Å². The van der Waals surface area contributed by atoms with Crippen LogP contribution >= 0.6 is 23.2 Å². The van der Waals surface area contributed by atoms with Gasteiger partial charge in [-0.15, -0.1) is 0 Å². The lowest BCUT2D eigenvalue weighted by Gasteiger charge is -2.33. The smallest absolute Gasteiger partial charge is 0.332 e. The molecule has 5 aromatic rings. The first-order valence-electron chi connectivity index (χ1n) is 12.5. The Balaban J connectivity index is 1.42. The first-order valence-corrected chi connectivity index (χ1v) is 13.3. The van der Waals surface area contributed by atoms with Gasteiger partial charge in [0.15, 0.2) is 11.2 Å². The van der Waals surface area contributed by atoms with E-state index in [1.807, 2.05) is 59.2 Å². The van der Waals surface area contributed by atoms with Crippen molar-refractivity contribution in [3.05, 3.63) is 109 Å². The molecule has 3 aromatic carbocycles. The number of benzene rings is 3. The summed E-state index contributed by atoms with van der Waals surface area (Å²) in [4.78, 5) is 33.9.